The first-order chi connectivity index (χ1) is 5.77. The molecule has 0 spiro atoms. The van der Waals surface area contributed by atoms with E-state index < -0.39 is 0 Å². The molecule has 4 nitrogen and oxygen atoms in total. The van der Waals surface area contributed by atoms with Crippen molar-refractivity contribution in [2.45, 2.75) is 0 Å². The zero-order valence-electron chi connectivity index (χ0n) is 6.57. The van der Waals surface area contributed by atoms with Crippen molar-refractivity contribution in [2.75, 3.05) is 12.6 Å². The zero-order valence-corrected chi connectivity index (χ0v) is 6.57. The second kappa shape index (κ2) is 3.73. The van der Waals surface area contributed by atoms with Crippen LogP contribution in [0.25, 0.3) is 0 Å². The lowest BCUT2D eigenvalue weighted by Gasteiger charge is -2.05. The highest BCUT2D eigenvalue weighted by molar-refractivity contribution is 5.78. The molecule has 0 aliphatic heterocycles. The molecule has 2 N–H and O–H groups in total. The van der Waals surface area contributed by atoms with Crippen molar-refractivity contribution >= 4 is 12.0 Å². The van der Waals surface area contributed by atoms with Gasteiger partial charge in [0.2, 0.25) is 0 Å². The average Bonchev–Trinajstić information content (AvgIpc) is 2.09. The van der Waals surface area contributed by atoms with Gasteiger partial charge in [0, 0.05) is 5.56 Å². The van der Waals surface area contributed by atoms with Crippen molar-refractivity contribution in [3.05, 3.63) is 23.8 Å². The van der Waals surface area contributed by atoms with E-state index in [1.165, 1.54) is 25.3 Å². The minimum absolute atomic E-state index is 0.0439. The van der Waals surface area contributed by atoms with Gasteiger partial charge in [-0.3, -0.25) is 15.1 Å². The molecule has 0 amide bonds. The Hall–Kier alpha value is -1.55. The first-order valence-corrected chi connectivity index (χ1v) is 3.35. The second-order valence-electron chi connectivity index (χ2n) is 2.20. The van der Waals surface area contributed by atoms with Crippen molar-refractivity contribution in [2.24, 2.45) is 0 Å². The molecule has 0 atom stereocenters. The summed E-state index contributed by atoms with van der Waals surface area (Å²) in [7, 11) is 1.42. The van der Waals surface area contributed by atoms with Crippen LogP contribution in [0.3, 0.4) is 0 Å². The fourth-order valence-corrected chi connectivity index (χ4v) is 0.819. The van der Waals surface area contributed by atoms with Gasteiger partial charge in [-0.25, -0.2) is 0 Å². The van der Waals surface area contributed by atoms with Crippen LogP contribution < -0.4 is 5.48 Å². The van der Waals surface area contributed by atoms with Crippen LogP contribution in [0.4, 0.5) is 5.69 Å². The van der Waals surface area contributed by atoms with E-state index in [0.29, 0.717) is 17.5 Å². The minimum atomic E-state index is 0.0439. The number of aldehydes is 1. The molecule has 0 radical (unpaired) electrons. The molecule has 0 heterocycles. The van der Waals surface area contributed by atoms with E-state index in [-0.39, 0.29) is 5.75 Å². The smallest absolute Gasteiger partial charge is 0.150 e. The summed E-state index contributed by atoms with van der Waals surface area (Å²) in [6, 6.07) is 4.43. The molecule has 0 saturated carbocycles. The van der Waals surface area contributed by atoms with E-state index in [9.17, 15) is 9.90 Å². The maximum absolute atomic E-state index is 10.3. The topological polar surface area (TPSA) is 58.6 Å². The lowest BCUT2D eigenvalue weighted by molar-refractivity contribution is 0.112. The molecule has 0 unspecified atom stereocenters. The molecule has 1 aromatic carbocycles. The quantitative estimate of drug-likeness (QED) is 0.403. The molecule has 64 valence electrons. The van der Waals surface area contributed by atoms with Crippen molar-refractivity contribution in [3.8, 4) is 5.75 Å². The molecule has 0 saturated heterocycles. The van der Waals surface area contributed by atoms with E-state index in [1.807, 2.05) is 0 Å². The fourth-order valence-electron chi connectivity index (χ4n) is 0.819. The van der Waals surface area contributed by atoms with Gasteiger partial charge in [0.15, 0.2) is 0 Å². The Morgan fingerprint density at radius 2 is 2.33 bits per heavy atom. The molecule has 0 fully saturated rings. The van der Waals surface area contributed by atoms with Gasteiger partial charge in [0.1, 0.15) is 17.7 Å². The Labute approximate surface area is 69.7 Å². The highest BCUT2D eigenvalue weighted by Crippen LogP contribution is 2.23. The number of phenols is 1. The first-order valence-electron chi connectivity index (χ1n) is 3.35. The normalized spacial score (nSPS) is 9.42. The largest absolute Gasteiger partial charge is 0.506 e. The average molecular weight is 167 g/mol. The number of carbonyl (C=O) groups is 1. The lowest BCUT2D eigenvalue weighted by Crippen LogP contribution is -1.96. The van der Waals surface area contributed by atoms with Crippen LogP contribution in [0, 0.1) is 0 Å². The summed E-state index contributed by atoms with van der Waals surface area (Å²) in [5.41, 5.74) is 3.30. The summed E-state index contributed by atoms with van der Waals surface area (Å²) in [6.07, 6.45) is 0.695. The molecule has 0 aromatic heterocycles. The van der Waals surface area contributed by atoms with E-state index in [4.69, 9.17) is 0 Å². The summed E-state index contributed by atoms with van der Waals surface area (Å²) in [6.45, 7) is 0. The lowest BCUT2D eigenvalue weighted by atomic mass is 10.2. The predicted molar refractivity (Wildman–Crippen MR) is 44.1 cm³/mol. The van der Waals surface area contributed by atoms with Gasteiger partial charge in [0.05, 0.1) is 7.11 Å². The molecule has 1 aromatic rings. The Kier molecular flexibility index (Phi) is 2.66. The number of phenolic OH excluding ortho intramolecular Hbond substituents is 1. The molecular weight excluding hydrogens is 158 g/mol. The van der Waals surface area contributed by atoms with Crippen LogP contribution in [-0.4, -0.2) is 18.5 Å². The number of nitrogens with one attached hydrogen (secondary N) is 1. The van der Waals surface area contributed by atoms with Crippen LogP contribution in [0.5, 0.6) is 5.75 Å². The van der Waals surface area contributed by atoms with Gasteiger partial charge in [0.25, 0.3) is 0 Å². The third-order valence-electron chi connectivity index (χ3n) is 1.37. The highest BCUT2D eigenvalue weighted by atomic mass is 16.6. The SMILES string of the molecule is CONc1cc(C=O)ccc1O. The number of hydrogen-bond acceptors (Lipinski definition) is 4. The van der Waals surface area contributed by atoms with Gasteiger partial charge in [-0.2, -0.15) is 0 Å². The number of rotatable bonds is 3. The predicted octanol–water partition coefficient (Wildman–Crippen LogP) is 1.18. The maximum Gasteiger partial charge on any atom is 0.150 e. The van der Waals surface area contributed by atoms with Crippen molar-refractivity contribution < 1.29 is 14.7 Å². The van der Waals surface area contributed by atoms with E-state index in [2.05, 4.69) is 10.3 Å². The Morgan fingerprint density at radius 3 is 2.92 bits per heavy atom. The number of carbonyl (C=O) groups excluding carboxylic acids is 1. The van der Waals surface area contributed by atoms with Gasteiger partial charge in [-0.15, -0.1) is 0 Å². The van der Waals surface area contributed by atoms with Crippen LogP contribution in [0.2, 0.25) is 0 Å². The monoisotopic (exact) mass is 167 g/mol. The van der Waals surface area contributed by atoms with Crippen molar-refractivity contribution in [1.82, 2.24) is 0 Å². The molecule has 0 bridgehead atoms. The summed E-state index contributed by atoms with van der Waals surface area (Å²) in [5.74, 6) is 0.0439. The van der Waals surface area contributed by atoms with Crippen molar-refractivity contribution in [3.63, 3.8) is 0 Å². The van der Waals surface area contributed by atoms with Crippen LogP contribution in [0.15, 0.2) is 18.2 Å². The van der Waals surface area contributed by atoms with Gasteiger partial charge >= 0.3 is 0 Å². The number of aromatic hydroxyl groups is 1. The van der Waals surface area contributed by atoms with E-state index >= 15 is 0 Å². The molecule has 12 heavy (non-hydrogen) atoms. The Balaban J connectivity index is 2.99. The van der Waals surface area contributed by atoms with Gasteiger partial charge in [-0.1, -0.05) is 0 Å². The van der Waals surface area contributed by atoms with E-state index in [1.54, 1.807) is 0 Å². The molecule has 4 heteroatoms. The number of hydrogen-bond donors (Lipinski definition) is 2. The van der Waals surface area contributed by atoms with Crippen LogP contribution >= 0.6 is 0 Å². The third kappa shape index (κ3) is 1.73. The molecule has 0 aliphatic rings. The Bertz CT molecular complexity index is 286. The third-order valence-corrected chi connectivity index (χ3v) is 1.37. The zero-order chi connectivity index (χ0) is 8.97. The summed E-state index contributed by atoms with van der Waals surface area (Å²) in [5, 5.41) is 9.20. The van der Waals surface area contributed by atoms with E-state index in [0.717, 1.165) is 0 Å². The molecule has 1 rings (SSSR count). The van der Waals surface area contributed by atoms with Crippen molar-refractivity contribution in [1.29, 1.82) is 0 Å². The number of benzene rings is 1. The standard InChI is InChI=1S/C8H9NO3/c1-12-9-7-4-6(5-10)2-3-8(7)11/h2-5,9,11H,1H3. The second-order valence-corrected chi connectivity index (χ2v) is 2.20. The molecule has 0 aliphatic carbocycles. The van der Waals surface area contributed by atoms with Gasteiger partial charge in [-0.05, 0) is 18.2 Å². The fraction of sp³-hybridized carbons (Fsp3) is 0.125. The Morgan fingerprint density at radius 1 is 1.58 bits per heavy atom. The first kappa shape index (κ1) is 8.55. The number of anilines is 1. The summed E-state index contributed by atoms with van der Waals surface area (Å²) >= 11 is 0. The van der Waals surface area contributed by atoms with Crippen LogP contribution in [-0.2, 0) is 4.84 Å². The maximum atomic E-state index is 10.3. The van der Waals surface area contributed by atoms with Crippen LogP contribution in [0.1, 0.15) is 10.4 Å². The summed E-state index contributed by atoms with van der Waals surface area (Å²) < 4.78 is 0. The minimum Gasteiger partial charge on any atom is -0.506 e. The summed E-state index contributed by atoms with van der Waals surface area (Å²) in [4.78, 5) is 14.9. The molecular formula is C8H9NO3. The van der Waals surface area contributed by atoms with Gasteiger partial charge < -0.3 is 5.11 Å². The highest BCUT2D eigenvalue weighted by Gasteiger charge is 2.00.